The zero-order valence-electron chi connectivity index (χ0n) is 13.8. The lowest BCUT2D eigenvalue weighted by molar-refractivity contribution is -0.140. The first-order valence-corrected chi connectivity index (χ1v) is 7.74. The van der Waals surface area contributed by atoms with Gasteiger partial charge in [-0.2, -0.15) is 0 Å². The lowest BCUT2D eigenvalue weighted by Crippen LogP contribution is -2.04. The van der Waals surface area contributed by atoms with Gasteiger partial charge in [0, 0.05) is 6.08 Å². The molecule has 2 aromatic carbocycles. The van der Waals surface area contributed by atoms with Crippen LogP contribution in [-0.4, -0.2) is 25.7 Å². The molecule has 124 valence electrons. The molecule has 0 amide bonds. The molecule has 24 heavy (non-hydrogen) atoms. The van der Waals surface area contributed by atoms with Crippen molar-refractivity contribution in [2.75, 3.05) is 13.7 Å². The Morgan fingerprint density at radius 3 is 2.50 bits per heavy atom. The Morgan fingerprint density at radius 2 is 1.83 bits per heavy atom. The fraction of sp³-hybridized carbons (Fsp3) is 0.200. The molecule has 4 nitrogen and oxygen atoms in total. The molecule has 0 saturated heterocycles. The molecule has 0 atom stereocenters. The van der Waals surface area contributed by atoms with Gasteiger partial charge in [-0.3, -0.25) is 4.79 Å². The predicted octanol–water partition coefficient (Wildman–Crippen LogP) is 3.65. The van der Waals surface area contributed by atoms with Crippen LogP contribution in [-0.2, 0) is 25.5 Å². The summed E-state index contributed by atoms with van der Waals surface area (Å²) in [4.78, 5) is 23.1. The number of carbonyl (C=O) groups excluding carboxylic acids is 2. The third kappa shape index (κ3) is 4.81. The maximum absolute atomic E-state index is 11.6. The molecule has 0 aliphatic rings. The summed E-state index contributed by atoms with van der Waals surface area (Å²) in [6.45, 7) is 2.09. The third-order valence-electron chi connectivity index (χ3n) is 3.46. The van der Waals surface area contributed by atoms with Crippen LogP contribution in [0.1, 0.15) is 18.1 Å². The molecule has 0 N–H and O–H groups in total. The Kier molecular flexibility index (Phi) is 6.32. The number of methoxy groups -OCH3 is 1. The van der Waals surface area contributed by atoms with Crippen molar-refractivity contribution in [3.8, 4) is 11.1 Å². The second-order valence-corrected chi connectivity index (χ2v) is 5.13. The van der Waals surface area contributed by atoms with Gasteiger partial charge in [-0.25, -0.2) is 4.79 Å². The first kappa shape index (κ1) is 17.5. The van der Waals surface area contributed by atoms with Crippen LogP contribution in [0.4, 0.5) is 0 Å². The Labute approximate surface area is 141 Å². The number of hydrogen-bond acceptors (Lipinski definition) is 4. The maximum Gasteiger partial charge on any atom is 0.330 e. The standard InChI is InChI=1S/C20H20O4/c1-3-24-19(21)12-10-17-13-15(14-20(22)23-2)9-11-18(17)16-7-5-4-6-8-16/h4-13H,3,14H2,1-2H3. The van der Waals surface area contributed by atoms with Gasteiger partial charge in [-0.05, 0) is 35.3 Å². The highest BCUT2D eigenvalue weighted by Crippen LogP contribution is 2.26. The molecule has 2 aromatic rings. The van der Waals surface area contributed by atoms with E-state index in [4.69, 9.17) is 9.47 Å². The van der Waals surface area contributed by atoms with Crippen molar-refractivity contribution in [3.63, 3.8) is 0 Å². The van der Waals surface area contributed by atoms with E-state index in [1.807, 2.05) is 48.5 Å². The highest BCUT2D eigenvalue weighted by atomic mass is 16.5. The van der Waals surface area contributed by atoms with Gasteiger partial charge in [0.15, 0.2) is 0 Å². The van der Waals surface area contributed by atoms with E-state index >= 15 is 0 Å². The van der Waals surface area contributed by atoms with Gasteiger partial charge in [-0.15, -0.1) is 0 Å². The van der Waals surface area contributed by atoms with Crippen LogP contribution in [0.5, 0.6) is 0 Å². The normalized spacial score (nSPS) is 10.6. The van der Waals surface area contributed by atoms with Gasteiger partial charge < -0.3 is 9.47 Å². The quantitative estimate of drug-likeness (QED) is 0.601. The molecular formula is C20H20O4. The summed E-state index contributed by atoms with van der Waals surface area (Å²) in [6.07, 6.45) is 3.29. The minimum atomic E-state index is -0.394. The molecule has 0 spiro atoms. The van der Waals surface area contributed by atoms with E-state index in [9.17, 15) is 9.59 Å². The minimum absolute atomic E-state index is 0.186. The SMILES string of the molecule is CCOC(=O)C=Cc1cc(CC(=O)OC)ccc1-c1ccccc1. The van der Waals surface area contributed by atoms with Crippen LogP contribution in [0, 0.1) is 0 Å². The third-order valence-corrected chi connectivity index (χ3v) is 3.46. The fourth-order valence-electron chi connectivity index (χ4n) is 2.33. The van der Waals surface area contributed by atoms with Crippen LogP contribution in [0.3, 0.4) is 0 Å². The highest BCUT2D eigenvalue weighted by molar-refractivity contribution is 5.89. The maximum atomic E-state index is 11.6. The second kappa shape index (κ2) is 8.67. The Morgan fingerprint density at radius 1 is 1.08 bits per heavy atom. The van der Waals surface area contributed by atoms with E-state index in [1.54, 1.807) is 13.0 Å². The Hall–Kier alpha value is -2.88. The zero-order valence-corrected chi connectivity index (χ0v) is 13.8. The summed E-state index contributed by atoms with van der Waals surface area (Å²) in [5, 5.41) is 0. The van der Waals surface area contributed by atoms with Crippen molar-refractivity contribution < 1.29 is 19.1 Å². The van der Waals surface area contributed by atoms with Gasteiger partial charge in [0.1, 0.15) is 0 Å². The minimum Gasteiger partial charge on any atom is -0.469 e. The summed E-state index contributed by atoms with van der Waals surface area (Å²) in [7, 11) is 1.36. The van der Waals surface area contributed by atoms with Gasteiger partial charge in [-0.1, -0.05) is 48.5 Å². The predicted molar refractivity (Wildman–Crippen MR) is 93.3 cm³/mol. The average Bonchev–Trinajstić information content (AvgIpc) is 2.61. The first-order valence-electron chi connectivity index (χ1n) is 7.74. The molecule has 0 saturated carbocycles. The number of hydrogen-bond donors (Lipinski definition) is 0. The molecule has 0 radical (unpaired) electrons. The second-order valence-electron chi connectivity index (χ2n) is 5.13. The van der Waals surface area contributed by atoms with Crippen LogP contribution in [0.25, 0.3) is 17.2 Å². The number of benzene rings is 2. The summed E-state index contributed by atoms with van der Waals surface area (Å²) < 4.78 is 9.63. The Bertz CT molecular complexity index is 733. The molecule has 2 rings (SSSR count). The lowest BCUT2D eigenvalue weighted by atomic mass is 9.96. The van der Waals surface area contributed by atoms with Crippen molar-refractivity contribution in [3.05, 3.63) is 65.7 Å². The molecule has 0 bridgehead atoms. The van der Waals surface area contributed by atoms with Crippen molar-refractivity contribution in [2.45, 2.75) is 13.3 Å². The number of rotatable bonds is 6. The molecule has 0 aliphatic carbocycles. The summed E-state index contributed by atoms with van der Waals surface area (Å²) in [6, 6.07) is 15.6. The number of esters is 2. The van der Waals surface area contributed by atoms with Crippen molar-refractivity contribution in [2.24, 2.45) is 0 Å². The number of ether oxygens (including phenoxy) is 2. The largest absolute Gasteiger partial charge is 0.469 e. The first-order chi connectivity index (χ1) is 11.6. The Balaban J connectivity index is 2.39. The van der Waals surface area contributed by atoms with Crippen LogP contribution < -0.4 is 0 Å². The van der Waals surface area contributed by atoms with Crippen LogP contribution in [0.2, 0.25) is 0 Å². The molecule has 0 aromatic heterocycles. The topological polar surface area (TPSA) is 52.6 Å². The zero-order chi connectivity index (χ0) is 17.4. The van der Waals surface area contributed by atoms with Crippen molar-refractivity contribution in [1.29, 1.82) is 0 Å². The molecule has 0 heterocycles. The van der Waals surface area contributed by atoms with Crippen LogP contribution in [0.15, 0.2) is 54.6 Å². The number of carbonyl (C=O) groups is 2. The molecule has 4 heteroatoms. The van der Waals surface area contributed by atoms with Crippen LogP contribution >= 0.6 is 0 Å². The van der Waals surface area contributed by atoms with Gasteiger partial charge >= 0.3 is 11.9 Å². The van der Waals surface area contributed by atoms with Crippen molar-refractivity contribution >= 4 is 18.0 Å². The summed E-state index contributed by atoms with van der Waals surface area (Å²) in [5.41, 5.74) is 3.68. The summed E-state index contributed by atoms with van der Waals surface area (Å²) in [5.74, 6) is -0.697. The van der Waals surface area contributed by atoms with E-state index in [1.165, 1.54) is 13.2 Å². The monoisotopic (exact) mass is 324 g/mol. The van der Waals surface area contributed by atoms with E-state index < -0.39 is 5.97 Å². The van der Waals surface area contributed by atoms with Gasteiger partial charge in [0.05, 0.1) is 20.1 Å². The molecule has 0 fully saturated rings. The van der Waals surface area contributed by atoms with Gasteiger partial charge in [0.2, 0.25) is 0 Å². The van der Waals surface area contributed by atoms with E-state index in [0.29, 0.717) is 6.61 Å². The lowest BCUT2D eigenvalue weighted by Gasteiger charge is -2.09. The van der Waals surface area contributed by atoms with Gasteiger partial charge in [0.25, 0.3) is 0 Å². The van der Waals surface area contributed by atoms with E-state index in [2.05, 4.69) is 0 Å². The fourth-order valence-corrected chi connectivity index (χ4v) is 2.33. The van der Waals surface area contributed by atoms with E-state index in [-0.39, 0.29) is 12.4 Å². The van der Waals surface area contributed by atoms with E-state index in [0.717, 1.165) is 22.3 Å². The highest BCUT2D eigenvalue weighted by Gasteiger charge is 2.08. The summed E-state index contributed by atoms with van der Waals surface area (Å²) >= 11 is 0. The molecule has 0 unspecified atom stereocenters. The average molecular weight is 324 g/mol. The molecule has 0 aliphatic heterocycles. The molecular weight excluding hydrogens is 304 g/mol. The smallest absolute Gasteiger partial charge is 0.330 e. The van der Waals surface area contributed by atoms with Crippen molar-refractivity contribution in [1.82, 2.24) is 0 Å².